The van der Waals surface area contributed by atoms with Crippen LogP contribution in [0.1, 0.15) is 51.5 Å². The van der Waals surface area contributed by atoms with E-state index in [0.717, 1.165) is 41.0 Å². The summed E-state index contributed by atoms with van der Waals surface area (Å²) in [5, 5.41) is 14.5. The number of hydrogen-bond donors (Lipinski definition) is 3. The normalized spacial score (nSPS) is 12.5. The average molecular weight is 519 g/mol. The monoisotopic (exact) mass is 518 g/mol. The Morgan fingerprint density at radius 2 is 1.53 bits per heavy atom. The lowest BCUT2D eigenvalue weighted by Crippen LogP contribution is -2.49. The van der Waals surface area contributed by atoms with E-state index in [9.17, 15) is 9.59 Å². The van der Waals surface area contributed by atoms with Crippen molar-refractivity contribution in [3.63, 3.8) is 0 Å². The summed E-state index contributed by atoms with van der Waals surface area (Å²) in [5.41, 5.74) is 3.75. The highest BCUT2D eigenvalue weighted by molar-refractivity contribution is 5.86. The van der Waals surface area contributed by atoms with Gasteiger partial charge in [-0.25, -0.2) is 9.97 Å². The van der Waals surface area contributed by atoms with E-state index in [-0.39, 0.29) is 5.91 Å². The Balaban J connectivity index is 1.55. The number of carboxylic acid groups (broad SMARTS) is 1. The molecule has 0 saturated carbocycles. The lowest BCUT2D eigenvalue weighted by atomic mass is 10.0. The molecule has 202 valence electrons. The number of unbranched alkanes of at least 4 members (excludes halogenated alkanes) is 4. The van der Waals surface area contributed by atoms with Gasteiger partial charge in [0, 0.05) is 23.5 Å². The van der Waals surface area contributed by atoms with Crippen molar-refractivity contribution in [3.8, 4) is 28.3 Å². The van der Waals surface area contributed by atoms with Crippen LogP contribution >= 0.6 is 0 Å². The van der Waals surface area contributed by atoms with E-state index in [0.29, 0.717) is 12.2 Å². The summed E-state index contributed by atoms with van der Waals surface area (Å²) in [6.45, 7) is 4.40. The third-order valence-corrected chi connectivity index (χ3v) is 6.40. The molecule has 0 fully saturated rings. The summed E-state index contributed by atoms with van der Waals surface area (Å²) in [6.07, 6.45) is 10.1. The molecule has 0 aliphatic carbocycles. The van der Waals surface area contributed by atoms with Crippen molar-refractivity contribution in [1.29, 1.82) is 0 Å². The molecule has 1 aromatic heterocycles. The van der Waals surface area contributed by atoms with Crippen molar-refractivity contribution in [2.75, 3.05) is 13.7 Å². The zero-order valence-corrected chi connectivity index (χ0v) is 22.4. The fourth-order valence-electron chi connectivity index (χ4n) is 3.99. The Bertz CT molecular complexity index is 1150. The van der Waals surface area contributed by atoms with Gasteiger partial charge >= 0.3 is 5.97 Å². The Labute approximate surface area is 224 Å². The molecule has 3 N–H and O–H groups in total. The minimum absolute atomic E-state index is 0.354. The molecule has 0 saturated heterocycles. The number of benzene rings is 2. The SMILES string of the molecule is CCCCCCCOc1ccc(-c2cnc(-c3ccc(C[C@H](NC)C(=O)N[C@H](C)C(=O)O)cc3)nc2)cc1. The summed E-state index contributed by atoms with van der Waals surface area (Å²) < 4.78 is 5.85. The Hall–Kier alpha value is -3.78. The van der Waals surface area contributed by atoms with Crippen LogP contribution in [-0.4, -0.2) is 52.7 Å². The van der Waals surface area contributed by atoms with Crippen molar-refractivity contribution in [1.82, 2.24) is 20.6 Å². The van der Waals surface area contributed by atoms with E-state index < -0.39 is 18.1 Å². The van der Waals surface area contributed by atoms with Crippen LogP contribution in [0.15, 0.2) is 60.9 Å². The molecule has 38 heavy (non-hydrogen) atoms. The maximum atomic E-state index is 12.4. The summed E-state index contributed by atoms with van der Waals surface area (Å²) in [6, 6.07) is 14.2. The van der Waals surface area contributed by atoms with Crippen LogP contribution in [0.5, 0.6) is 5.75 Å². The number of nitrogens with zero attached hydrogens (tertiary/aromatic N) is 2. The van der Waals surface area contributed by atoms with Gasteiger partial charge in [0.05, 0.1) is 12.6 Å². The molecule has 3 rings (SSSR count). The van der Waals surface area contributed by atoms with Gasteiger partial charge in [-0.05, 0) is 50.1 Å². The van der Waals surface area contributed by atoms with E-state index in [1.165, 1.54) is 32.6 Å². The summed E-state index contributed by atoms with van der Waals surface area (Å²) in [5.74, 6) is 0.0586. The molecular weight excluding hydrogens is 480 g/mol. The molecule has 8 nitrogen and oxygen atoms in total. The molecule has 1 amide bonds. The number of likely N-dealkylation sites (N-methyl/N-ethyl adjacent to an activating group) is 1. The number of amides is 1. The molecule has 2 atom stereocenters. The minimum Gasteiger partial charge on any atom is -0.494 e. The Kier molecular flexibility index (Phi) is 11.2. The van der Waals surface area contributed by atoms with Gasteiger partial charge in [-0.3, -0.25) is 9.59 Å². The lowest BCUT2D eigenvalue weighted by Gasteiger charge is -2.18. The van der Waals surface area contributed by atoms with Gasteiger partial charge in [0.25, 0.3) is 0 Å². The van der Waals surface area contributed by atoms with Crippen LogP contribution in [0.25, 0.3) is 22.5 Å². The van der Waals surface area contributed by atoms with Gasteiger partial charge in [-0.2, -0.15) is 0 Å². The summed E-state index contributed by atoms with van der Waals surface area (Å²) in [4.78, 5) is 32.5. The number of carboxylic acids is 1. The van der Waals surface area contributed by atoms with E-state index in [1.54, 1.807) is 7.05 Å². The van der Waals surface area contributed by atoms with Crippen molar-refractivity contribution >= 4 is 11.9 Å². The molecule has 1 heterocycles. The van der Waals surface area contributed by atoms with Gasteiger partial charge in [0.15, 0.2) is 5.82 Å². The number of aliphatic carboxylic acids is 1. The first kappa shape index (κ1) is 28.8. The molecule has 0 bridgehead atoms. The molecule has 0 aliphatic heterocycles. The first-order chi connectivity index (χ1) is 18.4. The van der Waals surface area contributed by atoms with Crippen molar-refractivity contribution in [3.05, 3.63) is 66.5 Å². The second-order valence-electron chi connectivity index (χ2n) is 9.39. The highest BCUT2D eigenvalue weighted by Crippen LogP contribution is 2.23. The van der Waals surface area contributed by atoms with Gasteiger partial charge in [0.2, 0.25) is 5.91 Å². The smallest absolute Gasteiger partial charge is 0.325 e. The van der Waals surface area contributed by atoms with Crippen LogP contribution in [-0.2, 0) is 16.0 Å². The molecular formula is C30H38N4O4. The summed E-state index contributed by atoms with van der Waals surface area (Å²) in [7, 11) is 1.68. The average Bonchev–Trinajstić information content (AvgIpc) is 2.94. The molecule has 0 radical (unpaired) electrons. The first-order valence-electron chi connectivity index (χ1n) is 13.3. The van der Waals surface area contributed by atoms with Gasteiger partial charge in [0.1, 0.15) is 11.8 Å². The van der Waals surface area contributed by atoms with E-state index in [2.05, 4.69) is 27.5 Å². The number of aromatic nitrogens is 2. The third kappa shape index (κ3) is 8.66. The fourth-order valence-corrected chi connectivity index (χ4v) is 3.99. The zero-order valence-electron chi connectivity index (χ0n) is 22.4. The van der Waals surface area contributed by atoms with Crippen LogP contribution < -0.4 is 15.4 Å². The Morgan fingerprint density at radius 1 is 0.895 bits per heavy atom. The first-order valence-corrected chi connectivity index (χ1v) is 13.3. The topological polar surface area (TPSA) is 113 Å². The third-order valence-electron chi connectivity index (χ3n) is 6.40. The van der Waals surface area contributed by atoms with Crippen LogP contribution in [0.2, 0.25) is 0 Å². The van der Waals surface area contributed by atoms with Crippen molar-refractivity contribution in [2.24, 2.45) is 0 Å². The maximum absolute atomic E-state index is 12.4. The number of rotatable bonds is 15. The number of ether oxygens (including phenoxy) is 1. The second kappa shape index (κ2) is 14.8. The predicted molar refractivity (Wildman–Crippen MR) is 149 cm³/mol. The standard InChI is InChI=1S/C30H38N4O4/c1-4-5-6-7-8-17-38-26-15-13-23(14-16-26)25-19-32-28(33-20-25)24-11-9-22(10-12-24)18-27(31-3)29(35)34-21(2)30(36)37/h9-16,19-21,27,31H,4-8,17-18H2,1-3H3,(H,34,35)(H,36,37)/t21-,27+/m1/s1. The van der Waals surface area contributed by atoms with E-state index in [4.69, 9.17) is 9.84 Å². The quantitative estimate of drug-likeness (QED) is 0.246. The number of nitrogens with one attached hydrogen (secondary N) is 2. The molecule has 2 aromatic carbocycles. The number of carbonyl (C=O) groups is 2. The maximum Gasteiger partial charge on any atom is 0.325 e. The second-order valence-corrected chi connectivity index (χ2v) is 9.39. The van der Waals surface area contributed by atoms with E-state index >= 15 is 0 Å². The molecule has 0 spiro atoms. The summed E-state index contributed by atoms with van der Waals surface area (Å²) >= 11 is 0. The molecule has 0 aliphatic rings. The molecule has 8 heteroatoms. The van der Waals surface area contributed by atoms with Crippen LogP contribution in [0.4, 0.5) is 0 Å². The van der Waals surface area contributed by atoms with Gasteiger partial charge in [-0.1, -0.05) is 69.0 Å². The van der Waals surface area contributed by atoms with Crippen molar-refractivity contribution in [2.45, 2.75) is 64.5 Å². The van der Waals surface area contributed by atoms with Crippen LogP contribution in [0.3, 0.4) is 0 Å². The fraction of sp³-hybridized carbons (Fsp3) is 0.400. The number of carbonyl (C=O) groups excluding carboxylic acids is 1. The number of hydrogen-bond acceptors (Lipinski definition) is 6. The Morgan fingerprint density at radius 3 is 2.13 bits per heavy atom. The van der Waals surface area contributed by atoms with E-state index in [1.807, 2.05) is 60.9 Å². The predicted octanol–water partition coefficient (Wildman–Crippen LogP) is 4.88. The highest BCUT2D eigenvalue weighted by atomic mass is 16.5. The van der Waals surface area contributed by atoms with Gasteiger partial charge < -0.3 is 20.5 Å². The van der Waals surface area contributed by atoms with Gasteiger partial charge in [-0.15, -0.1) is 0 Å². The van der Waals surface area contributed by atoms with Crippen molar-refractivity contribution < 1.29 is 19.4 Å². The minimum atomic E-state index is -1.07. The van der Waals surface area contributed by atoms with Crippen LogP contribution in [0, 0.1) is 0 Å². The zero-order chi connectivity index (χ0) is 27.3. The molecule has 0 unspecified atom stereocenters. The molecule has 3 aromatic rings. The highest BCUT2D eigenvalue weighted by Gasteiger charge is 2.21. The largest absolute Gasteiger partial charge is 0.494 e. The lowest BCUT2D eigenvalue weighted by molar-refractivity contribution is -0.141.